The fraction of sp³-hybridized carbons (Fsp3) is 0.909. The van der Waals surface area contributed by atoms with E-state index in [4.69, 9.17) is 5.73 Å². The molecule has 0 bridgehead atoms. The van der Waals surface area contributed by atoms with E-state index in [1.165, 1.54) is 32.1 Å². The van der Waals surface area contributed by atoms with Crippen molar-refractivity contribution in [2.75, 3.05) is 0 Å². The molecule has 1 fully saturated rings. The van der Waals surface area contributed by atoms with E-state index in [1.54, 1.807) is 0 Å². The quantitative estimate of drug-likeness (QED) is 0.529. The minimum absolute atomic E-state index is 0.527. The highest BCUT2D eigenvalue weighted by Crippen LogP contribution is 2.28. The predicted octanol–water partition coefficient (Wildman–Crippen LogP) is 2.72. The Morgan fingerprint density at radius 3 is 2.77 bits per heavy atom. The van der Waals surface area contributed by atoms with Gasteiger partial charge in [-0.25, -0.2) is 0 Å². The lowest BCUT2D eigenvalue weighted by atomic mass is 9.84. The summed E-state index contributed by atoms with van der Waals surface area (Å²) in [5.41, 5.74) is 5.74. The third-order valence-corrected chi connectivity index (χ3v) is 3.04. The normalized spacial score (nSPS) is 30.5. The van der Waals surface area contributed by atoms with Crippen LogP contribution in [-0.4, -0.2) is 11.9 Å². The van der Waals surface area contributed by atoms with E-state index < -0.39 is 0 Å². The lowest BCUT2D eigenvalue weighted by Gasteiger charge is -2.25. The van der Waals surface area contributed by atoms with Gasteiger partial charge in [0, 0.05) is 6.42 Å². The minimum Gasteiger partial charge on any atom is -0.387 e. The second-order valence-corrected chi connectivity index (χ2v) is 4.07. The maximum absolute atomic E-state index is 5.74. The van der Waals surface area contributed by atoms with Crippen molar-refractivity contribution >= 4 is 5.84 Å². The first-order valence-corrected chi connectivity index (χ1v) is 5.58. The Hall–Kier alpha value is -0.530. The van der Waals surface area contributed by atoms with Crippen molar-refractivity contribution < 1.29 is 0 Å². The van der Waals surface area contributed by atoms with Crippen LogP contribution in [0.1, 0.15) is 52.4 Å². The SMILES string of the molecule is CCC(N)=NC1CCCC(CC)C1. The van der Waals surface area contributed by atoms with E-state index in [1.807, 2.05) is 0 Å². The van der Waals surface area contributed by atoms with Gasteiger partial charge in [-0.15, -0.1) is 0 Å². The first-order chi connectivity index (χ1) is 6.26. The maximum atomic E-state index is 5.74. The summed E-state index contributed by atoms with van der Waals surface area (Å²) >= 11 is 0. The molecule has 0 radical (unpaired) electrons. The molecule has 2 atom stereocenters. The lowest BCUT2D eigenvalue weighted by Crippen LogP contribution is -2.22. The summed E-state index contributed by atoms with van der Waals surface area (Å²) in [5, 5.41) is 0. The van der Waals surface area contributed by atoms with E-state index in [0.717, 1.165) is 18.2 Å². The average molecular weight is 182 g/mol. The zero-order valence-corrected chi connectivity index (χ0v) is 8.92. The highest BCUT2D eigenvalue weighted by molar-refractivity contribution is 5.80. The fourth-order valence-corrected chi connectivity index (χ4v) is 2.08. The molecule has 76 valence electrons. The largest absolute Gasteiger partial charge is 0.387 e. The van der Waals surface area contributed by atoms with Crippen molar-refractivity contribution in [3.63, 3.8) is 0 Å². The molecule has 0 spiro atoms. The van der Waals surface area contributed by atoms with Crippen molar-refractivity contribution in [1.82, 2.24) is 0 Å². The lowest BCUT2D eigenvalue weighted by molar-refractivity contribution is 0.316. The molecule has 0 aromatic rings. The van der Waals surface area contributed by atoms with Crippen LogP contribution in [0, 0.1) is 5.92 Å². The molecule has 2 unspecified atom stereocenters. The van der Waals surface area contributed by atoms with Crippen molar-refractivity contribution in [2.24, 2.45) is 16.6 Å². The van der Waals surface area contributed by atoms with Gasteiger partial charge in [0.05, 0.1) is 11.9 Å². The summed E-state index contributed by atoms with van der Waals surface area (Å²) in [6.07, 6.45) is 7.44. The van der Waals surface area contributed by atoms with Gasteiger partial charge in [-0.2, -0.15) is 0 Å². The molecule has 1 aliphatic carbocycles. The van der Waals surface area contributed by atoms with Gasteiger partial charge in [-0.05, 0) is 18.8 Å². The number of nitrogens with zero attached hydrogens (tertiary/aromatic N) is 1. The monoisotopic (exact) mass is 182 g/mol. The second kappa shape index (κ2) is 5.25. The van der Waals surface area contributed by atoms with Gasteiger partial charge >= 0.3 is 0 Å². The molecular weight excluding hydrogens is 160 g/mol. The fourth-order valence-electron chi connectivity index (χ4n) is 2.08. The number of hydrogen-bond acceptors (Lipinski definition) is 1. The number of aliphatic imine (C=N–C) groups is 1. The van der Waals surface area contributed by atoms with Crippen LogP contribution in [0.3, 0.4) is 0 Å². The zero-order valence-electron chi connectivity index (χ0n) is 8.92. The summed E-state index contributed by atoms with van der Waals surface area (Å²) < 4.78 is 0. The van der Waals surface area contributed by atoms with Crippen molar-refractivity contribution in [2.45, 2.75) is 58.4 Å². The molecular formula is C11H22N2. The van der Waals surface area contributed by atoms with E-state index in [2.05, 4.69) is 18.8 Å². The van der Waals surface area contributed by atoms with Gasteiger partial charge in [0.25, 0.3) is 0 Å². The Labute approximate surface area is 81.6 Å². The number of rotatable bonds is 3. The summed E-state index contributed by atoms with van der Waals surface area (Å²) in [4.78, 5) is 4.55. The van der Waals surface area contributed by atoms with Crippen LogP contribution >= 0.6 is 0 Å². The van der Waals surface area contributed by atoms with E-state index >= 15 is 0 Å². The van der Waals surface area contributed by atoms with Crippen molar-refractivity contribution in [3.05, 3.63) is 0 Å². The van der Waals surface area contributed by atoms with E-state index in [9.17, 15) is 0 Å². The summed E-state index contributed by atoms with van der Waals surface area (Å²) in [7, 11) is 0. The van der Waals surface area contributed by atoms with Crippen molar-refractivity contribution in [1.29, 1.82) is 0 Å². The topological polar surface area (TPSA) is 38.4 Å². The van der Waals surface area contributed by atoms with Crippen LogP contribution in [0.2, 0.25) is 0 Å². The highest BCUT2D eigenvalue weighted by Gasteiger charge is 2.19. The molecule has 2 heteroatoms. The first kappa shape index (κ1) is 10.6. The van der Waals surface area contributed by atoms with Crippen LogP contribution in [0.4, 0.5) is 0 Å². The van der Waals surface area contributed by atoms with Crippen LogP contribution in [0.25, 0.3) is 0 Å². The predicted molar refractivity (Wildman–Crippen MR) is 58.0 cm³/mol. The Balaban J connectivity index is 2.42. The first-order valence-electron chi connectivity index (χ1n) is 5.58. The van der Waals surface area contributed by atoms with Gasteiger partial charge in [0.2, 0.25) is 0 Å². The summed E-state index contributed by atoms with van der Waals surface area (Å²) in [6.45, 7) is 4.35. The maximum Gasteiger partial charge on any atom is 0.0937 e. The molecule has 0 amide bonds. The molecule has 0 aromatic heterocycles. The van der Waals surface area contributed by atoms with E-state index in [0.29, 0.717) is 6.04 Å². The molecule has 1 aliphatic rings. The van der Waals surface area contributed by atoms with Crippen LogP contribution in [0.15, 0.2) is 4.99 Å². The molecule has 2 nitrogen and oxygen atoms in total. The smallest absolute Gasteiger partial charge is 0.0937 e. The number of nitrogens with two attached hydrogens (primary N) is 1. The zero-order chi connectivity index (χ0) is 9.68. The van der Waals surface area contributed by atoms with Crippen LogP contribution < -0.4 is 5.73 Å². The summed E-state index contributed by atoms with van der Waals surface area (Å²) in [5.74, 6) is 1.73. The Kier molecular flexibility index (Phi) is 4.26. The van der Waals surface area contributed by atoms with E-state index in [-0.39, 0.29) is 0 Å². The third-order valence-electron chi connectivity index (χ3n) is 3.04. The Morgan fingerprint density at radius 2 is 2.15 bits per heavy atom. The standard InChI is InChI=1S/C11H22N2/c1-3-9-6-5-7-10(8-9)13-11(12)4-2/h9-10H,3-8H2,1-2H3,(H2,12,13). The van der Waals surface area contributed by atoms with Gasteiger partial charge in [-0.3, -0.25) is 4.99 Å². The molecule has 0 saturated heterocycles. The van der Waals surface area contributed by atoms with Gasteiger partial charge in [0.15, 0.2) is 0 Å². The average Bonchev–Trinajstić information content (AvgIpc) is 2.18. The molecule has 2 N–H and O–H groups in total. The molecule has 0 aliphatic heterocycles. The molecule has 0 heterocycles. The Morgan fingerprint density at radius 1 is 1.38 bits per heavy atom. The third kappa shape index (κ3) is 3.37. The van der Waals surface area contributed by atoms with Gasteiger partial charge in [0.1, 0.15) is 0 Å². The number of amidine groups is 1. The highest BCUT2D eigenvalue weighted by atomic mass is 14.9. The molecule has 1 saturated carbocycles. The van der Waals surface area contributed by atoms with Gasteiger partial charge < -0.3 is 5.73 Å². The minimum atomic E-state index is 0.527. The van der Waals surface area contributed by atoms with Gasteiger partial charge in [-0.1, -0.05) is 33.1 Å². The number of hydrogen-bond donors (Lipinski definition) is 1. The van der Waals surface area contributed by atoms with Crippen LogP contribution in [-0.2, 0) is 0 Å². The molecule has 1 rings (SSSR count). The Bertz CT molecular complexity index is 175. The second-order valence-electron chi connectivity index (χ2n) is 4.07. The van der Waals surface area contributed by atoms with Crippen molar-refractivity contribution in [3.8, 4) is 0 Å². The molecule has 0 aromatic carbocycles. The van der Waals surface area contributed by atoms with Crippen LogP contribution in [0.5, 0.6) is 0 Å². The molecule has 13 heavy (non-hydrogen) atoms. The summed E-state index contributed by atoms with van der Waals surface area (Å²) in [6, 6.07) is 0.527.